The highest BCUT2D eigenvalue weighted by Crippen LogP contribution is 2.28. The Morgan fingerprint density at radius 1 is 1.24 bits per heavy atom. The van der Waals surface area contributed by atoms with Crippen molar-refractivity contribution >= 4 is 5.91 Å². The van der Waals surface area contributed by atoms with Crippen LogP contribution in [0.4, 0.5) is 0 Å². The molecule has 0 radical (unpaired) electrons. The number of hydrogen-bond donors (Lipinski definition) is 2. The average Bonchev–Trinajstić information content (AvgIpc) is 2.32. The van der Waals surface area contributed by atoms with Crippen LogP contribution in [0.3, 0.4) is 0 Å². The number of ether oxygens (including phenoxy) is 1. The molecular weight excluding hydrogens is 216 g/mol. The number of rotatable bonds is 5. The fourth-order valence-electron chi connectivity index (χ4n) is 2.58. The van der Waals surface area contributed by atoms with E-state index in [2.05, 4.69) is 5.32 Å². The first kappa shape index (κ1) is 12.8. The van der Waals surface area contributed by atoms with E-state index < -0.39 is 5.54 Å². The molecule has 4 heteroatoms. The van der Waals surface area contributed by atoms with E-state index in [0.717, 1.165) is 19.3 Å². The van der Waals surface area contributed by atoms with Crippen LogP contribution in [0, 0.1) is 0 Å². The van der Waals surface area contributed by atoms with Gasteiger partial charge in [-0.3, -0.25) is 4.79 Å². The Bertz CT molecular complexity index is 258. The second-order valence-electron chi connectivity index (χ2n) is 5.40. The quantitative estimate of drug-likeness (QED) is 0.713. The number of carbonyl (C=O) groups is 1. The van der Waals surface area contributed by atoms with Crippen molar-refractivity contribution in [3.63, 3.8) is 0 Å². The van der Waals surface area contributed by atoms with Crippen molar-refractivity contribution in [2.24, 2.45) is 5.73 Å². The second kappa shape index (κ2) is 5.83. The summed E-state index contributed by atoms with van der Waals surface area (Å²) >= 11 is 0. The van der Waals surface area contributed by atoms with Gasteiger partial charge in [0.1, 0.15) is 0 Å². The third kappa shape index (κ3) is 3.42. The normalized spacial score (nSPS) is 24.1. The molecule has 0 saturated heterocycles. The Labute approximate surface area is 103 Å². The van der Waals surface area contributed by atoms with E-state index in [0.29, 0.717) is 19.3 Å². The van der Waals surface area contributed by atoms with Gasteiger partial charge < -0.3 is 15.8 Å². The molecule has 0 spiro atoms. The zero-order valence-electron chi connectivity index (χ0n) is 10.5. The Morgan fingerprint density at radius 2 is 1.94 bits per heavy atom. The van der Waals surface area contributed by atoms with Gasteiger partial charge in [-0.15, -0.1) is 0 Å². The first-order valence-electron chi connectivity index (χ1n) is 6.89. The molecule has 0 aromatic heterocycles. The number of nitrogens with two attached hydrogens (primary N) is 1. The first-order chi connectivity index (χ1) is 8.21. The molecule has 0 unspecified atom stereocenters. The van der Waals surface area contributed by atoms with Crippen LogP contribution in [0.1, 0.15) is 51.4 Å². The highest BCUT2D eigenvalue weighted by molar-refractivity contribution is 5.86. The highest BCUT2D eigenvalue weighted by atomic mass is 16.5. The average molecular weight is 240 g/mol. The largest absolute Gasteiger partial charge is 0.376 e. The Hall–Kier alpha value is -0.610. The maximum atomic E-state index is 11.7. The van der Waals surface area contributed by atoms with Gasteiger partial charge in [0.15, 0.2) is 0 Å². The van der Waals surface area contributed by atoms with Crippen molar-refractivity contribution in [2.45, 2.75) is 63.0 Å². The molecule has 0 bridgehead atoms. The maximum absolute atomic E-state index is 11.7. The summed E-state index contributed by atoms with van der Waals surface area (Å²) in [5.74, 6) is -0.00371. The van der Waals surface area contributed by atoms with Gasteiger partial charge in [-0.05, 0) is 32.1 Å². The molecule has 2 rings (SSSR count). The summed E-state index contributed by atoms with van der Waals surface area (Å²) in [5, 5.41) is 2.88. The molecule has 0 heterocycles. The third-order valence-corrected chi connectivity index (χ3v) is 3.99. The lowest BCUT2D eigenvalue weighted by atomic mass is 9.77. The standard InChI is InChI=1S/C13H24N2O2/c14-13(7-4-8-13)12(16)15-9-10-17-11-5-2-1-3-6-11/h11H,1-10,14H2,(H,15,16). The number of carbonyl (C=O) groups excluding carboxylic acids is 1. The van der Waals surface area contributed by atoms with E-state index in [1.807, 2.05) is 0 Å². The molecule has 2 fully saturated rings. The minimum absolute atomic E-state index is 0.00371. The summed E-state index contributed by atoms with van der Waals surface area (Å²) < 4.78 is 5.74. The Kier molecular flexibility index (Phi) is 4.40. The summed E-state index contributed by atoms with van der Waals surface area (Å²) in [5.41, 5.74) is 5.34. The summed E-state index contributed by atoms with van der Waals surface area (Å²) in [6.07, 6.45) is 9.38. The van der Waals surface area contributed by atoms with Gasteiger partial charge in [-0.1, -0.05) is 19.3 Å². The Balaban J connectivity index is 1.55. The number of hydrogen-bond acceptors (Lipinski definition) is 3. The van der Waals surface area contributed by atoms with Crippen molar-refractivity contribution in [2.75, 3.05) is 13.2 Å². The van der Waals surface area contributed by atoms with Gasteiger partial charge >= 0.3 is 0 Å². The van der Waals surface area contributed by atoms with Crippen LogP contribution in [0.2, 0.25) is 0 Å². The van der Waals surface area contributed by atoms with Gasteiger partial charge in [0.2, 0.25) is 5.91 Å². The molecule has 98 valence electrons. The molecule has 1 amide bonds. The number of amides is 1. The molecule has 3 N–H and O–H groups in total. The molecule has 2 aliphatic carbocycles. The van der Waals surface area contributed by atoms with Crippen LogP contribution in [0.15, 0.2) is 0 Å². The summed E-state index contributed by atoms with van der Waals surface area (Å²) in [4.78, 5) is 11.7. The van der Waals surface area contributed by atoms with E-state index >= 15 is 0 Å². The van der Waals surface area contributed by atoms with Crippen molar-refractivity contribution in [3.8, 4) is 0 Å². The van der Waals surface area contributed by atoms with Crippen LogP contribution in [0.5, 0.6) is 0 Å². The van der Waals surface area contributed by atoms with Gasteiger partial charge in [0, 0.05) is 6.54 Å². The topological polar surface area (TPSA) is 64.4 Å². The van der Waals surface area contributed by atoms with Gasteiger partial charge in [0.25, 0.3) is 0 Å². The summed E-state index contributed by atoms with van der Waals surface area (Å²) in [6, 6.07) is 0. The van der Waals surface area contributed by atoms with Crippen molar-refractivity contribution in [1.29, 1.82) is 0 Å². The Morgan fingerprint density at radius 3 is 2.53 bits per heavy atom. The van der Waals surface area contributed by atoms with Crippen LogP contribution < -0.4 is 11.1 Å². The molecule has 0 aliphatic heterocycles. The lowest BCUT2D eigenvalue weighted by Crippen LogP contribution is -2.58. The minimum Gasteiger partial charge on any atom is -0.376 e. The van der Waals surface area contributed by atoms with E-state index in [1.54, 1.807) is 0 Å². The van der Waals surface area contributed by atoms with E-state index in [1.165, 1.54) is 32.1 Å². The first-order valence-corrected chi connectivity index (χ1v) is 6.89. The van der Waals surface area contributed by atoms with Gasteiger partial charge in [0.05, 0.1) is 18.2 Å². The van der Waals surface area contributed by atoms with E-state index in [4.69, 9.17) is 10.5 Å². The summed E-state index contributed by atoms with van der Waals surface area (Å²) in [6.45, 7) is 1.21. The van der Waals surface area contributed by atoms with Crippen LogP contribution in [-0.4, -0.2) is 30.7 Å². The van der Waals surface area contributed by atoms with Gasteiger partial charge in [-0.25, -0.2) is 0 Å². The second-order valence-corrected chi connectivity index (χ2v) is 5.40. The fraction of sp³-hybridized carbons (Fsp3) is 0.923. The van der Waals surface area contributed by atoms with Crippen LogP contribution >= 0.6 is 0 Å². The molecule has 2 saturated carbocycles. The molecule has 0 atom stereocenters. The van der Waals surface area contributed by atoms with Crippen molar-refractivity contribution < 1.29 is 9.53 Å². The predicted molar refractivity (Wildman–Crippen MR) is 66.6 cm³/mol. The fourth-order valence-corrected chi connectivity index (χ4v) is 2.58. The lowest BCUT2D eigenvalue weighted by Gasteiger charge is -2.36. The number of nitrogens with one attached hydrogen (secondary N) is 1. The highest BCUT2D eigenvalue weighted by Gasteiger charge is 2.39. The minimum atomic E-state index is -0.579. The SMILES string of the molecule is NC1(C(=O)NCCOC2CCCCC2)CCC1. The molecule has 2 aliphatic rings. The molecule has 4 nitrogen and oxygen atoms in total. The van der Waals surface area contributed by atoms with Crippen LogP contribution in [-0.2, 0) is 9.53 Å². The summed E-state index contributed by atoms with van der Waals surface area (Å²) in [7, 11) is 0. The zero-order valence-corrected chi connectivity index (χ0v) is 10.5. The molecule has 0 aromatic rings. The monoisotopic (exact) mass is 240 g/mol. The lowest BCUT2D eigenvalue weighted by molar-refractivity contribution is -0.129. The third-order valence-electron chi connectivity index (χ3n) is 3.99. The van der Waals surface area contributed by atoms with Crippen molar-refractivity contribution in [1.82, 2.24) is 5.32 Å². The van der Waals surface area contributed by atoms with Gasteiger partial charge in [-0.2, -0.15) is 0 Å². The predicted octanol–water partition coefficient (Wildman–Crippen LogP) is 1.33. The van der Waals surface area contributed by atoms with Crippen LogP contribution in [0.25, 0.3) is 0 Å². The molecule has 0 aromatic carbocycles. The molecular formula is C13H24N2O2. The molecule has 17 heavy (non-hydrogen) atoms. The van der Waals surface area contributed by atoms with E-state index in [9.17, 15) is 4.79 Å². The zero-order chi connectivity index (χ0) is 12.1. The van der Waals surface area contributed by atoms with Crippen molar-refractivity contribution in [3.05, 3.63) is 0 Å². The maximum Gasteiger partial charge on any atom is 0.240 e. The van der Waals surface area contributed by atoms with E-state index in [-0.39, 0.29) is 5.91 Å². The smallest absolute Gasteiger partial charge is 0.240 e.